The van der Waals surface area contributed by atoms with E-state index in [0.29, 0.717) is 11.3 Å². The van der Waals surface area contributed by atoms with Crippen molar-refractivity contribution in [1.29, 1.82) is 0 Å². The summed E-state index contributed by atoms with van der Waals surface area (Å²) in [5.74, 6) is -2.28. The van der Waals surface area contributed by atoms with Crippen LogP contribution < -0.4 is 5.32 Å². The molecular weight excluding hydrogens is 300 g/mol. The van der Waals surface area contributed by atoms with Crippen molar-refractivity contribution in [3.8, 4) is 0 Å². The third-order valence-electron chi connectivity index (χ3n) is 3.06. The van der Waals surface area contributed by atoms with Gasteiger partial charge in [-0.1, -0.05) is 0 Å². The second kappa shape index (κ2) is 5.76. The minimum absolute atomic E-state index is 0.161. The van der Waals surface area contributed by atoms with Crippen LogP contribution >= 0.6 is 11.8 Å². The van der Waals surface area contributed by atoms with E-state index in [4.69, 9.17) is 4.74 Å². The van der Waals surface area contributed by atoms with Crippen molar-refractivity contribution in [1.82, 2.24) is 10.2 Å². The fourth-order valence-electron chi connectivity index (χ4n) is 2.20. The average molecular weight is 314 g/mol. The number of amides is 2. The van der Waals surface area contributed by atoms with Gasteiger partial charge in [0.25, 0.3) is 5.91 Å². The first kappa shape index (κ1) is 15.4. The van der Waals surface area contributed by atoms with E-state index in [1.54, 1.807) is 0 Å². The van der Waals surface area contributed by atoms with Crippen molar-refractivity contribution in [2.45, 2.75) is 25.3 Å². The van der Waals surface area contributed by atoms with Crippen molar-refractivity contribution in [3.63, 3.8) is 0 Å². The SMILES string of the molecule is CC(=O)N[C@@H]1C(=O)N2C(C(=O)O)=C(COC(C)=O)CS[C@H]12. The quantitative estimate of drug-likeness (QED) is 0.521. The van der Waals surface area contributed by atoms with Gasteiger partial charge in [-0.25, -0.2) is 4.79 Å². The normalized spacial score (nSPS) is 24.1. The summed E-state index contributed by atoms with van der Waals surface area (Å²) in [6.07, 6.45) is 0. The summed E-state index contributed by atoms with van der Waals surface area (Å²) in [6.45, 7) is 2.36. The maximum absolute atomic E-state index is 12.0. The molecule has 2 atom stereocenters. The molecule has 0 saturated carbocycles. The van der Waals surface area contributed by atoms with Gasteiger partial charge in [-0.3, -0.25) is 19.3 Å². The molecule has 2 N–H and O–H groups in total. The molecule has 114 valence electrons. The number of carboxylic acid groups (broad SMARTS) is 1. The molecule has 0 aromatic carbocycles. The van der Waals surface area contributed by atoms with Gasteiger partial charge in [-0.15, -0.1) is 11.8 Å². The molecule has 1 fully saturated rings. The van der Waals surface area contributed by atoms with Gasteiger partial charge in [-0.2, -0.15) is 0 Å². The molecule has 2 heterocycles. The Kier molecular flexibility index (Phi) is 4.21. The van der Waals surface area contributed by atoms with Gasteiger partial charge in [0.1, 0.15) is 23.7 Å². The fraction of sp³-hybridized carbons (Fsp3) is 0.500. The van der Waals surface area contributed by atoms with E-state index in [2.05, 4.69) is 5.32 Å². The number of carboxylic acids is 1. The third kappa shape index (κ3) is 2.87. The van der Waals surface area contributed by atoms with Crippen molar-refractivity contribution in [2.75, 3.05) is 12.4 Å². The van der Waals surface area contributed by atoms with Crippen LogP contribution in [0.2, 0.25) is 0 Å². The molecule has 2 rings (SSSR count). The molecule has 0 unspecified atom stereocenters. The Hall–Kier alpha value is -2.03. The predicted molar refractivity (Wildman–Crippen MR) is 72.0 cm³/mol. The summed E-state index contributed by atoms with van der Waals surface area (Å²) >= 11 is 1.33. The van der Waals surface area contributed by atoms with Gasteiger partial charge >= 0.3 is 11.9 Å². The van der Waals surface area contributed by atoms with E-state index in [1.165, 1.54) is 25.6 Å². The highest BCUT2D eigenvalue weighted by Crippen LogP contribution is 2.40. The summed E-state index contributed by atoms with van der Waals surface area (Å²) in [7, 11) is 0. The van der Waals surface area contributed by atoms with Crippen LogP contribution in [-0.2, 0) is 23.9 Å². The second-order valence-electron chi connectivity index (χ2n) is 4.63. The van der Waals surface area contributed by atoms with Crippen molar-refractivity contribution in [2.24, 2.45) is 0 Å². The lowest BCUT2D eigenvalue weighted by Gasteiger charge is -2.49. The van der Waals surface area contributed by atoms with Gasteiger partial charge in [0.05, 0.1) is 0 Å². The number of hydrogen-bond acceptors (Lipinski definition) is 6. The molecular formula is C12H14N2O6S. The Balaban J connectivity index is 2.22. The standard InChI is InChI=1S/C12H14N2O6S/c1-5(15)13-8-10(17)14-9(12(18)19)7(3-20-6(2)16)4-21-11(8)14/h8,11H,3-4H2,1-2H3,(H,13,15)(H,18,19)/t8-,11-/m1/s1. The maximum Gasteiger partial charge on any atom is 0.352 e. The summed E-state index contributed by atoms with van der Waals surface area (Å²) in [4.78, 5) is 46.4. The van der Waals surface area contributed by atoms with Crippen molar-refractivity contribution >= 4 is 35.5 Å². The molecule has 0 bridgehead atoms. The monoisotopic (exact) mass is 314 g/mol. The van der Waals surface area contributed by atoms with Gasteiger partial charge in [0.2, 0.25) is 5.91 Å². The zero-order valence-electron chi connectivity index (χ0n) is 11.4. The summed E-state index contributed by atoms with van der Waals surface area (Å²) < 4.78 is 4.81. The zero-order chi connectivity index (χ0) is 15.7. The zero-order valence-corrected chi connectivity index (χ0v) is 12.2. The number of β-lactam (4-membered cyclic amide) rings is 1. The minimum Gasteiger partial charge on any atom is -0.477 e. The van der Waals surface area contributed by atoms with Crippen LogP contribution in [0.3, 0.4) is 0 Å². The number of ether oxygens (including phenoxy) is 1. The Morgan fingerprint density at radius 3 is 2.62 bits per heavy atom. The summed E-state index contributed by atoms with van der Waals surface area (Å²) in [5.41, 5.74) is 0.208. The van der Waals surface area contributed by atoms with E-state index >= 15 is 0 Å². The molecule has 9 heteroatoms. The van der Waals surface area contributed by atoms with Gasteiger partial charge in [-0.05, 0) is 0 Å². The van der Waals surface area contributed by atoms with E-state index in [-0.39, 0.29) is 18.2 Å². The predicted octanol–water partition coefficient (Wildman–Crippen LogP) is -0.692. The molecule has 0 aliphatic carbocycles. The molecule has 2 amide bonds. The minimum atomic E-state index is -1.25. The number of rotatable bonds is 4. The molecule has 2 aliphatic rings. The summed E-state index contributed by atoms with van der Waals surface area (Å²) in [6, 6.07) is -0.711. The van der Waals surface area contributed by atoms with Crippen LogP contribution in [-0.4, -0.2) is 57.5 Å². The molecule has 0 aromatic heterocycles. The van der Waals surface area contributed by atoms with Crippen LogP contribution in [0.5, 0.6) is 0 Å². The van der Waals surface area contributed by atoms with E-state index in [9.17, 15) is 24.3 Å². The van der Waals surface area contributed by atoms with Gasteiger partial charge < -0.3 is 15.2 Å². The first-order valence-corrected chi connectivity index (χ1v) is 7.18. The average Bonchev–Trinajstić information content (AvgIpc) is 2.40. The van der Waals surface area contributed by atoms with Crippen LogP contribution in [0.4, 0.5) is 0 Å². The molecule has 1 saturated heterocycles. The number of carbonyl (C=O) groups is 4. The number of nitrogens with zero attached hydrogens (tertiary/aromatic N) is 1. The van der Waals surface area contributed by atoms with E-state index < -0.39 is 29.3 Å². The number of carbonyl (C=O) groups excluding carboxylic acids is 3. The Labute approximate surface area is 124 Å². The highest BCUT2D eigenvalue weighted by atomic mass is 32.2. The number of thioether (sulfide) groups is 1. The lowest BCUT2D eigenvalue weighted by Crippen LogP contribution is -2.70. The topological polar surface area (TPSA) is 113 Å². The van der Waals surface area contributed by atoms with Crippen molar-refractivity contribution in [3.05, 3.63) is 11.3 Å². The Bertz CT molecular complexity index is 558. The number of nitrogens with one attached hydrogen (secondary N) is 1. The first-order valence-electron chi connectivity index (χ1n) is 6.13. The lowest BCUT2D eigenvalue weighted by molar-refractivity contribution is -0.150. The van der Waals surface area contributed by atoms with Crippen LogP contribution in [0, 0.1) is 0 Å². The third-order valence-corrected chi connectivity index (χ3v) is 4.40. The highest BCUT2D eigenvalue weighted by molar-refractivity contribution is 8.00. The lowest BCUT2D eigenvalue weighted by atomic mass is 10.0. The highest BCUT2D eigenvalue weighted by Gasteiger charge is 2.53. The second-order valence-corrected chi connectivity index (χ2v) is 5.73. The van der Waals surface area contributed by atoms with E-state index in [1.807, 2.05) is 0 Å². The van der Waals surface area contributed by atoms with Gasteiger partial charge in [0.15, 0.2) is 0 Å². The van der Waals surface area contributed by atoms with Crippen LogP contribution in [0.25, 0.3) is 0 Å². The molecule has 0 spiro atoms. The fourth-order valence-corrected chi connectivity index (χ4v) is 3.53. The number of esters is 1. The summed E-state index contributed by atoms with van der Waals surface area (Å²) in [5, 5.41) is 11.4. The number of fused-ring (bicyclic) bond motifs is 1. The Morgan fingerprint density at radius 2 is 2.10 bits per heavy atom. The number of aliphatic carboxylic acids is 1. The van der Waals surface area contributed by atoms with Crippen LogP contribution in [0.15, 0.2) is 11.3 Å². The first-order chi connectivity index (χ1) is 9.82. The molecule has 21 heavy (non-hydrogen) atoms. The molecule has 0 radical (unpaired) electrons. The molecule has 2 aliphatic heterocycles. The Morgan fingerprint density at radius 1 is 1.43 bits per heavy atom. The van der Waals surface area contributed by atoms with E-state index in [0.717, 1.165) is 4.90 Å². The maximum atomic E-state index is 12.0. The number of hydrogen-bond donors (Lipinski definition) is 2. The van der Waals surface area contributed by atoms with Crippen molar-refractivity contribution < 1.29 is 29.0 Å². The molecule has 0 aromatic rings. The smallest absolute Gasteiger partial charge is 0.352 e. The largest absolute Gasteiger partial charge is 0.477 e. The molecule has 8 nitrogen and oxygen atoms in total. The van der Waals surface area contributed by atoms with Gasteiger partial charge in [0, 0.05) is 25.2 Å². The van der Waals surface area contributed by atoms with Crippen LogP contribution in [0.1, 0.15) is 13.8 Å².